The van der Waals surface area contributed by atoms with Crippen molar-refractivity contribution in [3.05, 3.63) is 64.0 Å². The largest absolute Gasteiger partial charge is 0.488 e. The number of fused-ring (bicyclic) bond motifs is 1. The van der Waals surface area contributed by atoms with Gasteiger partial charge in [-0.2, -0.15) is 0 Å². The normalized spacial score (nSPS) is 13.4. The molecule has 0 atom stereocenters. The molecule has 0 N–H and O–H groups in total. The van der Waals surface area contributed by atoms with Gasteiger partial charge in [-0.25, -0.2) is 0 Å². The van der Waals surface area contributed by atoms with Gasteiger partial charge < -0.3 is 14.2 Å². The monoisotopic (exact) mass is 344 g/mol. The topological polar surface area (TPSA) is 55.6 Å². The van der Waals surface area contributed by atoms with E-state index in [2.05, 4.69) is 5.16 Å². The van der Waals surface area contributed by atoms with E-state index in [4.69, 9.17) is 20.9 Å². The summed E-state index contributed by atoms with van der Waals surface area (Å²) in [7, 11) is 1.72. The molecule has 5 nitrogen and oxygen atoms in total. The van der Waals surface area contributed by atoms with Gasteiger partial charge in [0.1, 0.15) is 23.8 Å². The van der Waals surface area contributed by atoms with E-state index in [-0.39, 0.29) is 5.91 Å². The van der Waals surface area contributed by atoms with Crippen molar-refractivity contribution >= 4 is 23.6 Å². The van der Waals surface area contributed by atoms with Crippen LogP contribution in [0.1, 0.15) is 17.0 Å². The number of hydrogen-bond acceptors (Lipinski definition) is 4. The van der Waals surface area contributed by atoms with Gasteiger partial charge in [-0.3, -0.25) is 4.79 Å². The molecule has 0 saturated heterocycles. The minimum atomic E-state index is -0.117. The molecule has 2 aromatic rings. The van der Waals surface area contributed by atoms with E-state index < -0.39 is 0 Å². The fourth-order valence-corrected chi connectivity index (χ4v) is 2.56. The number of aromatic nitrogens is 1. The second-order valence-corrected chi connectivity index (χ2v) is 6.08. The van der Waals surface area contributed by atoms with Crippen molar-refractivity contribution in [3.8, 4) is 5.75 Å². The van der Waals surface area contributed by atoms with Crippen molar-refractivity contribution in [1.29, 1.82) is 0 Å². The number of carbonyl (C=O) groups excluding carboxylic acids is 1. The zero-order valence-electron chi connectivity index (χ0n) is 13.5. The van der Waals surface area contributed by atoms with Gasteiger partial charge in [-0.05, 0) is 36.8 Å². The number of aryl methyl sites for hydroxylation is 1. The number of amides is 1. The molecule has 1 amide bonds. The van der Waals surface area contributed by atoms with E-state index >= 15 is 0 Å². The lowest BCUT2D eigenvalue weighted by molar-refractivity contribution is -0.125. The van der Waals surface area contributed by atoms with Gasteiger partial charge in [0, 0.05) is 29.8 Å². The van der Waals surface area contributed by atoms with Gasteiger partial charge in [0.2, 0.25) is 5.91 Å². The second-order valence-electron chi connectivity index (χ2n) is 5.65. The first-order chi connectivity index (χ1) is 11.5. The summed E-state index contributed by atoms with van der Waals surface area (Å²) in [4.78, 5) is 13.8. The van der Waals surface area contributed by atoms with Crippen molar-refractivity contribution in [2.45, 2.75) is 13.5 Å². The molecule has 0 aliphatic carbocycles. The molecule has 0 bridgehead atoms. The zero-order chi connectivity index (χ0) is 17.1. The molecule has 0 unspecified atom stereocenters. The Morgan fingerprint density at radius 3 is 3.00 bits per heavy atom. The highest BCUT2D eigenvalue weighted by Crippen LogP contribution is 2.29. The third-order valence-electron chi connectivity index (χ3n) is 3.60. The highest BCUT2D eigenvalue weighted by Gasteiger charge is 2.12. The molecule has 0 radical (unpaired) electrons. The SMILES string of the molecule is Cc1cc(CN(C)C(=O)C=CC2=Cc3cc(Cl)ccc3OC2)no1. The van der Waals surface area contributed by atoms with Crippen molar-refractivity contribution in [2.24, 2.45) is 0 Å². The summed E-state index contributed by atoms with van der Waals surface area (Å²) in [6, 6.07) is 7.28. The molecular weight excluding hydrogens is 328 g/mol. The molecule has 24 heavy (non-hydrogen) atoms. The molecule has 3 rings (SSSR count). The molecule has 0 fully saturated rings. The summed E-state index contributed by atoms with van der Waals surface area (Å²) in [6.07, 6.45) is 5.25. The van der Waals surface area contributed by atoms with Crippen molar-refractivity contribution in [2.75, 3.05) is 13.7 Å². The standard InChI is InChI=1S/C18H17ClN2O3/c1-12-7-16(20-24-12)10-21(2)18(22)6-3-13-8-14-9-15(19)4-5-17(14)23-11-13/h3-9H,10-11H2,1-2H3. The average Bonchev–Trinajstić information content (AvgIpc) is 2.97. The van der Waals surface area contributed by atoms with Crippen molar-refractivity contribution in [1.82, 2.24) is 10.1 Å². The van der Waals surface area contributed by atoms with Gasteiger partial charge in [-0.15, -0.1) is 0 Å². The molecule has 124 valence electrons. The maximum Gasteiger partial charge on any atom is 0.246 e. The lowest BCUT2D eigenvalue weighted by Gasteiger charge is -2.16. The van der Waals surface area contributed by atoms with Gasteiger partial charge in [-0.1, -0.05) is 22.8 Å². The Morgan fingerprint density at radius 1 is 1.42 bits per heavy atom. The van der Waals surface area contributed by atoms with Crippen LogP contribution < -0.4 is 4.74 Å². The molecule has 0 spiro atoms. The smallest absolute Gasteiger partial charge is 0.246 e. The Morgan fingerprint density at radius 2 is 2.25 bits per heavy atom. The highest BCUT2D eigenvalue weighted by atomic mass is 35.5. The van der Waals surface area contributed by atoms with Crippen LogP contribution in [0.2, 0.25) is 5.02 Å². The zero-order valence-corrected chi connectivity index (χ0v) is 14.2. The number of halogens is 1. The van der Waals surface area contributed by atoms with Crippen LogP contribution in [0.25, 0.3) is 6.08 Å². The average molecular weight is 345 g/mol. The number of benzene rings is 1. The Kier molecular flexibility index (Phi) is 4.71. The van der Waals surface area contributed by atoms with Crippen LogP contribution in [0.15, 0.2) is 46.5 Å². The first kappa shape index (κ1) is 16.3. The first-order valence-corrected chi connectivity index (χ1v) is 7.87. The van der Waals surface area contributed by atoms with Gasteiger partial charge >= 0.3 is 0 Å². The summed E-state index contributed by atoms with van der Waals surface area (Å²) in [5.74, 6) is 1.40. The quantitative estimate of drug-likeness (QED) is 0.795. The molecule has 1 aromatic carbocycles. The van der Waals surface area contributed by atoms with Crippen LogP contribution in [0.4, 0.5) is 0 Å². The molecular formula is C18H17ClN2O3. The molecule has 1 aliphatic rings. The third-order valence-corrected chi connectivity index (χ3v) is 3.83. The van der Waals surface area contributed by atoms with E-state index in [1.165, 1.54) is 6.08 Å². The number of ether oxygens (including phenoxy) is 1. The Labute approximate surface area is 145 Å². The van der Waals surface area contributed by atoms with Crippen LogP contribution >= 0.6 is 11.6 Å². The lowest BCUT2D eigenvalue weighted by atomic mass is 10.1. The van der Waals surface area contributed by atoms with Crippen LogP contribution in [0.5, 0.6) is 5.75 Å². The van der Waals surface area contributed by atoms with Crippen LogP contribution in [-0.4, -0.2) is 29.6 Å². The molecule has 2 heterocycles. The number of hydrogen-bond donors (Lipinski definition) is 0. The number of nitrogens with zero attached hydrogens (tertiary/aromatic N) is 2. The predicted molar refractivity (Wildman–Crippen MR) is 91.8 cm³/mol. The third kappa shape index (κ3) is 3.86. The summed E-state index contributed by atoms with van der Waals surface area (Å²) in [5, 5.41) is 4.54. The van der Waals surface area contributed by atoms with Crippen LogP contribution in [-0.2, 0) is 11.3 Å². The van der Waals surface area contributed by atoms with Gasteiger partial charge in [0.05, 0.1) is 6.54 Å². The van der Waals surface area contributed by atoms with Crippen molar-refractivity contribution in [3.63, 3.8) is 0 Å². The highest BCUT2D eigenvalue weighted by molar-refractivity contribution is 6.30. The number of carbonyl (C=O) groups is 1. The second kappa shape index (κ2) is 6.93. The maximum absolute atomic E-state index is 12.2. The number of likely N-dealkylation sites (N-methyl/N-ethyl adjacent to an activating group) is 1. The van der Waals surface area contributed by atoms with Crippen LogP contribution in [0, 0.1) is 6.92 Å². The minimum absolute atomic E-state index is 0.117. The van der Waals surface area contributed by atoms with Gasteiger partial charge in [0.15, 0.2) is 0 Å². The summed E-state index contributed by atoms with van der Waals surface area (Å²) in [5.41, 5.74) is 2.54. The molecule has 1 aliphatic heterocycles. The first-order valence-electron chi connectivity index (χ1n) is 7.49. The Hall–Kier alpha value is -2.53. The van der Waals surface area contributed by atoms with Crippen molar-refractivity contribution < 1.29 is 14.1 Å². The fraction of sp³-hybridized carbons (Fsp3) is 0.222. The van der Waals surface area contributed by atoms with E-state index in [1.807, 2.05) is 31.2 Å². The fourth-order valence-electron chi connectivity index (χ4n) is 2.38. The molecule has 6 heteroatoms. The lowest BCUT2D eigenvalue weighted by Crippen LogP contribution is -2.24. The predicted octanol–water partition coefficient (Wildman–Crippen LogP) is 3.63. The Balaban J connectivity index is 1.65. The number of rotatable bonds is 4. The maximum atomic E-state index is 12.2. The van der Waals surface area contributed by atoms with E-state index in [9.17, 15) is 4.79 Å². The van der Waals surface area contributed by atoms with Crippen LogP contribution in [0.3, 0.4) is 0 Å². The van der Waals surface area contributed by atoms with Gasteiger partial charge in [0.25, 0.3) is 0 Å². The minimum Gasteiger partial charge on any atom is -0.488 e. The Bertz CT molecular complexity index is 823. The molecule has 0 saturated carbocycles. The summed E-state index contributed by atoms with van der Waals surface area (Å²) in [6.45, 7) is 2.64. The summed E-state index contributed by atoms with van der Waals surface area (Å²) < 4.78 is 10.7. The van der Waals surface area contributed by atoms with E-state index in [1.54, 1.807) is 24.1 Å². The van der Waals surface area contributed by atoms with E-state index in [0.29, 0.717) is 18.2 Å². The summed E-state index contributed by atoms with van der Waals surface area (Å²) >= 11 is 5.99. The molecule has 1 aromatic heterocycles. The van der Waals surface area contributed by atoms with E-state index in [0.717, 1.165) is 28.3 Å².